The summed E-state index contributed by atoms with van der Waals surface area (Å²) in [6.07, 6.45) is 6.22. The first-order valence-electron chi connectivity index (χ1n) is 4.91. The van der Waals surface area contributed by atoms with Gasteiger partial charge in [-0.15, -0.1) is 0 Å². The van der Waals surface area contributed by atoms with Crippen molar-refractivity contribution in [1.82, 2.24) is 4.90 Å². The Kier molecular flexibility index (Phi) is 4.12. The first-order valence-corrected chi connectivity index (χ1v) is 4.91. The van der Waals surface area contributed by atoms with Gasteiger partial charge in [-0.25, -0.2) is 0 Å². The monoisotopic (exact) mass is 168 g/mol. The van der Waals surface area contributed by atoms with Gasteiger partial charge >= 0.3 is 0 Å². The number of carbonyl (C=O) groups is 1. The third-order valence-electron chi connectivity index (χ3n) is 2.35. The SMILES string of the molecule is [CH2]CCCN1CCCCCC1=O. The highest BCUT2D eigenvalue weighted by Crippen LogP contribution is 2.11. The van der Waals surface area contributed by atoms with Gasteiger partial charge in [-0.3, -0.25) is 4.79 Å². The molecular formula is C10H18NO. The number of hydrogen-bond acceptors (Lipinski definition) is 1. The molecule has 0 aromatic rings. The summed E-state index contributed by atoms with van der Waals surface area (Å²) >= 11 is 0. The van der Waals surface area contributed by atoms with Crippen LogP contribution in [0.4, 0.5) is 0 Å². The maximum Gasteiger partial charge on any atom is 0.222 e. The second kappa shape index (κ2) is 5.18. The van der Waals surface area contributed by atoms with Crippen molar-refractivity contribution in [3.8, 4) is 0 Å². The largest absolute Gasteiger partial charge is 0.343 e. The van der Waals surface area contributed by atoms with E-state index in [1.54, 1.807) is 0 Å². The summed E-state index contributed by atoms with van der Waals surface area (Å²) in [5.41, 5.74) is 0. The molecule has 0 aromatic heterocycles. The zero-order chi connectivity index (χ0) is 8.81. The van der Waals surface area contributed by atoms with Crippen molar-refractivity contribution in [2.45, 2.75) is 38.5 Å². The van der Waals surface area contributed by atoms with Crippen LogP contribution in [-0.4, -0.2) is 23.9 Å². The van der Waals surface area contributed by atoms with E-state index in [-0.39, 0.29) is 0 Å². The lowest BCUT2D eigenvalue weighted by molar-refractivity contribution is -0.130. The number of carbonyl (C=O) groups excluding carboxylic acids is 1. The summed E-state index contributed by atoms with van der Waals surface area (Å²) in [5.74, 6) is 0.348. The fourth-order valence-electron chi connectivity index (χ4n) is 1.58. The van der Waals surface area contributed by atoms with Gasteiger partial charge in [0.25, 0.3) is 0 Å². The van der Waals surface area contributed by atoms with E-state index in [0.717, 1.165) is 38.8 Å². The topological polar surface area (TPSA) is 20.3 Å². The quantitative estimate of drug-likeness (QED) is 0.631. The van der Waals surface area contributed by atoms with E-state index in [2.05, 4.69) is 6.92 Å². The second-order valence-electron chi connectivity index (χ2n) is 3.40. The Morgan fingerprint density at radius 1 is 1.33 bits per heavy atom. The third-order valence-corrected chi connectivity index (χ3v) is 2.35. The summed E-state index contributed by atoms with van der Waals surface area (Å²) in [4.78, 5) is 13.4. The molecule has 1 heterocycles. The van der Waals surface area contributed by atoms with E-state index < -0.39 is 0 Å². The van der Waals surface area contributed by atoms with Crippen molar-refractivity contribution in [3.05, 3.63) is 6.92 Å². The molecule has 1 amide bonds. The van der Waals surface area contributed by atoms with Gasteiger partial charge in [0, 0.05) is 19.5 Å². The number of amides is 1. The van der Waals surface area contributed by atoms with Crippen molar-refractivity contribution < 1.29 is 4.79 Å². The van der Waals surface area contributed by atoms with Crippen LogP contribution in [0.25, 0.3) is 0 Å². The van der Waals surface area contributed by atoms with Gasteiger partial charge in [-0.2, -0.15) is 0 Å². The summed E-state index contributed by atoms with van der Waals surface area (Å²) in [6, 6.07) is 0. The van der Waals surface area contributed by atoms with Crippen LogP contribution in [-0.2, 0) is 4.79 Å². The van der Waals surface area contributed by atoms with Crippen molar-refractivity contribution in [3.63, 3.8) is 0 Å². The molecule has 1 saturated heterocycles. The minimum Gasteiger partial charge on any atom is -0.343 e. The summed E-state index contributed by atoms with van der Waals surface area (Å²) < 4.78 is 0. The Labute approximate surface area is 74.9 Å². The summed E-state index contributed by atoms with van der Waals surface area (Å²) in [5, 5.41) is 0. The molecule has 69 valence electrons. The fraction of sp³-hybridized carbons (Fsp3) is 0.800. The van der Waals surface area contributed by atoms with E-state index in [1.807, 2.05) is 4.90 Å². The Bertz CT molecular complexity index is 145. The van der Waals surface area contributed by atoms with Gasteiger partial charge in [-0.1, -0.05) is 19.8 Å². The van der Waals surface area contributed by atoms with Crippen LogP contribution in [0, 0.1) is 6.92 Å². The summed E-state index contributed by atoms with van der Waals surface area (Å²) in [7, 11) is 0. The molecule has 0 spiro atoms. The molecule has 1 radical (unpaired) electrons. The maximum absolute atomic E-state index is 11.4. The normalized spacial score (nSPS) is 19.4. The van der Waals surface area contributed by atoms with Crippen LogP contribution in [0.2, 0.25) is 0 Å². The highest BCUT2D eigenvalue weighted by Gasteiger charge is 2.14. The molecule has 0 N–H and O–H groups in total. The molecule has 2 heteroatoms. The van der Waals surface area contributed by atoms with Crippen LogP contribution in [0.1, 0.15) is 38.5 Å². The Balaban J connectivity index is 2.31. The molecule has 2 nitrogen and oxygen atoms in total. The Hall–Kier alpha value is -0.530. The van der Waals surface area contributed by atoms with Gasteiger partial charge in [0.15, 0.2) is 0 Å². The van der Waals surface area contributed by atoms with Gasteiger partial charge in [0.05, 0.1) is 0 Å². The number of hydrogen-bond donors (Lipinski definition) is 0. The average Bonchev–Trinajstić information content (AvgIpc) is 2.27. The van der Waals surface area contributed by atoms with Gasteiger partial charge in [0.2, 0.25) is 5.91 Å². The van der Waals surface area contributed by atoms with Crippen molar-refractivity contribution in [1.29, 1.82) is 0 Å². The highest BCUT2D eigenvalue weighted by molar-refractivity contribution is 5.76. The van der Waals surface area contributed by atoms with E-state index in [4.69, 9.17) is 0 Å². The number of rotatable bonds is 3. The van der Waals surface area contributed by atoms with Crippen LogP contribution in [0.3, 0.4) is 0 Å². The molecule has 1 aliphatic rings. The molecule has 0 aliphatic carbocycles. The van der Waals surface area contributed by atoms with Crippen LogP contribution in [0.15, 0.2) is 0 Å². The number of likely N-dealkylation sites (tertiary alicyclic amines) is 1. The highest BCUT2D eigenvalue weighted by atomic mass is 16.2. The van der Waals surface area contributed by atoms with Crippen molar-refractivity contribution >= 4 is 5.91 Å². The van der Waals surface area contributed by atoms with Gasteiger partial charge in [0.1, 0.15) is 0 Å². The van der Waals surface area contributed by atoms with E-state index in [1.165, 1.54) is 12.8 Å². The van der Waals surface area contributed by atoms with Gasteiger partial charge in [-0.05, 0) is 19.3 Å². The van der Waals surface area contributed by atoms with Crippen LogP contribution < -0.4 is 0 Å². The van der Waals surface area contributed by atoms with Gasteiger partial charge < -0.3 is 4.90 Å². The molecule has 0 unspecified atom stereocenters. The predicted octanol–water partition coefficient (Wildman–Crippen LogP) is 2.00. The first-order chi connectivity index (χ1) is 5.84. The lowest BCUT2D eigenvalue weighted by Crippen LogP contribution is -2.31. The standard InChI is InChI=1S/C10H18NO/c1-2-3-8-11-9-6-4-5-7-10(11)12/h1-9H2. The Morgan fingerprint density at radius 2 is 2.17 bits per heavy atom. The molecule has 12 heavy (non-hydrogen) atoms. The lowest BCUT2D eigenvalue weighted by atomic mass is 10.2. The minimum absolute atomic E-state index is 0.348. The first kappa shape index (κ1) is 9.56. The Morgan fingerprint density at radius 3 is 2.92 bits per heavy atom. The minimum atomic E-state index is 0.348. The maximum atomic E-state index is 11.4. The predicted molar refractivity (Wildman–Crippen MR) is 49.6 cm³/mol. The number of nitrogens with zero attached hydrogens (tertiary/aromatic N) is 1. The molecule has 0 aromatic carbocycles. The van der Waals surface area contributed by atoms with Crippen molar-refractivity contribution in [2.24, 2.45) is 0 Å². The van der Waals surface area contributed by atoms with Crippen LogP contribution in [0.5, 0.6) is 0 Å². The molecule has 1 fully saturated rings. The van der Waals surface area contributed by atoms with Crippen molar-refractivity contribution in [2.75, 3.05) is 13.1 Å². The molecular weight excluding hydrogens is 150 g/mol. The fourth-order valence-corrected chi connectivity index (χ4v) is 1.58. The summed E-state index contributed by atoms with van der Waals surface area (Å²) in [6.45, 7) is 5.67. The molecule has 0 atom stereocenters. The number of unbranched alkanes of at least 4 members (excludes halogenated alkanes) is 1. The zero-order valence-electron chi connectivity index (χ0n) is 7.72. The van der Waals surface area contributed by atoms with Crippen LogP contribution >= 0.6 is 0 Å². The second-order valence-corrected chi connectivity index (χ2v) is 3.40. The average molecular weight is 168 g/mol. The molecule has 1 rings (SSSR count). The van der Waals surface area contributed by atoms with E-state index in [0.29, 0.717) is 5.91 Å². The molecule has 0 bridgehead atoms. The van der Waals surface area contributed by atoms with E-state index in [9.17, 15) is 4.79 Å². The lowest BCUT2D eigenvalue weighted by Gasteiger charge is -2.19. The smallest absolute Gasteiger partial charge is 0.222 e. The zero-order valence-corrected chi connectivity index (χ0v) is 7.72. The van der Waals surface area contributed by atoms with E-state index >= 15 is 0 Å². The molecule has 0 saturated carbocycles. The molecule has 1 aliphatic heterocycles. The third kappa shape index (κ3) is 2.84.